The maximum Gasteiger partial charge on any atom is 0.243 e. The van der Waals surface area contributed by atoms with Gasteiger partial charge in [0.05, 0.1) is 4.90 Å². The van der Waals surface area contributed by atoms with Gasteiger partial charge in [-0.25, -0.2) is 8.42 Å². The van der Waals surface area contributed by atoms with E-state index in [1.807, 2.05) is 12.1 Å². The zero-order chi connectivity index (χ0) is 15.6. The van der Waals surface area contributed by atoms with Gasteiger partial charge in [0, 0.05) is 13.1 Å². The molecule has 1 saturated heterocycles. The molecule has 0 bridgehead atoms. The molecule has 21 heavy (non-hydrogen) atoms. The van der Waals surface area contributed by atoms with Crippen molar-refractivity contribution in [1.82, 2.24) is 4.31 Å². The van der Waals surface area contributed by atoms with Gasteiger partial charge in [-0.1, -0.05) is 39.8 Å². The zero-order valence-corrected chi connectivity index (χ0v) is 14.4. The van der Waals surface area contributed by atoms with Crippen molar-refractivity contribution in [2.75, 3.05) is 13.1 Å². The number of nitrogens with zero attached hydrogens (tertiary/aromatic N) is 1. The van der Waals surface area contributed by atoms with Crippen LogP contribution in [0.4, 0.5) is 0 Å². The SMILES string of the molecule is CC(C)Cc1ccc(S(=O)(=O)N2CC(C)CC(C)C2)cc1. The summed E-state index contributed by atoms with van der Waals surface area (Å²) in [5.74, 6) is 1.45. The predicted molar refractivity (Wildman–Crippen MR) is 86.7 cm³/mol. The highest BCUT2D eigenvalue weighted by atomic mass is 32.2. The molecule has 4 heteroatoms. The first-order valence-electron chi connectivity index (χ1n) is 7.88. The molecule has 1 aromatic carbocycles. The number of sulfonamides is 1. The predicted octanol–water partition coefficient (Wildman–Crippen LogP) is 3.55. The minimum absolute atomic E-state index is 0.427. The quantitative estimate of drug-likeness (QED) is 0.853. The molecule has 2 atom stereocenters. The third-order valence-corrected chi connectivity index (χ3v) is 5.89. The van der Waals surface area contributed by atoms with E-state index in [0.717, 1.165) is 12.8 Å². The third-order valence-electron chi connectivity index (χ3n) is 4.04. The maximum absolute atomic E-state index is 12.7. The Labute approximate surface area is 129 Å². The fourth-order valence-electron chi connectivity index (χ4n) is 3.22. The Morgan fingerprint density at radius 3 is 2.10 bits per heavy atom. The number of piperidine rings is 1. The van der Waals surface area contributed by atoms with Gasteiger partial charge in [0.1, 0.15) is 0 Å². The van der Waals surface area contributed by atoms with E-state index in [1.54, 1.807) is 16.4 Å². The van der Waals surface area contributed by atoms with Crippen molar-refractivity contribution >= 4 is 10.0 Å². The van der Waals surface area contributed by atoms with Crippen LogP contribution in [-0.2, 0) is 16.4 Å². The van der Waals surface area contributed by atoms with Gasteiger partial charge in [-0.2, -0.15) is 4.31 Å². The van der Waals surface area contributed by atoms with E-state index in [2.05, 4.69) is 27.7 Å². The Kier molecular flexibility index (Phi) is 5.10. The molecular weight excluding hydrogens is 282 g/mol. The second-order valence-electron chi connectivity index (χ2n) is 7.01. The Bertz CT molecular complexity index is 553. The monoisotopic (exact) mass is 309 g/mol. The highest BCUT2D eigenvalue weighted by Crippen LogP contribution is 2.26. The maximum atomic E-state index is 12.7. The van der Waals surface area contributed by atoms with Crippen molar-refractivity contribution in [3.05, 3.63) is 29.8 Å². The summed E-state index contributed by atoms with van der Waals surface area (Å²) in [6.45, 7) is 9.87. The molecule has 1 aromatic rings. The summed E-state index contributed by atoms with van der Waals surface area (Å²) in [5, 5.41) is 0. The molecule has 1 aliphatic heterocycles. The van der Waals surface area contributed by atoms with Crippen LogP contribution >= 0.6 is 0 Å². The fraction of sp³-hybridized carbons (Fsp3) is 0.647. The van der Waals surface area contributed by atoms with E-state index in [9.17, 15) is 8.42 Å². The Morgan fingerprint density at radius 1 is 1.10 bits per heavy atom. The second-order valence-corrected chi connectivity index (χ2v) is 8.95. The summed E-state index contributed by atoms with van der Waals surface area (Å²) in [5.41, 5.74) is 1.20. The molecule has 2 unspecified atom stereocenters. The van der Waals surface area contributed by atoms with E-state index in [1.165, 1.54) is 5.56 Å². The normalized spacial score (nSPS) is 24.4. The van der Waals surface area contributed by atoms with Crippen molar-refractivity contribution in [3.63, 3.8) is 0 Å². The van der Waals surface area contributed by atoms with E-state index in [0.29, 0.717) is 35.7 Å². The summed E-state index contributed by atoms with van der Waals surface area (Å²) < 4.78 is 27.1. The first-order valence-corrected chi connectivity index (χ1v) is 9.32. The van der Waals surface area contributed by atoms with Crippen LogP contribution in [0.15, 0.2) is 29.2 Å². The van der Waals surface area contributed by atoms with Crippen LogP contribution in [0.3, 0.4) is 0 Å². The van der Waals surface area contributed by atoms with Crippen LogP contribution < -0.4 is 0 Å². The van der Waals surface area contributed by atoms with Crippen molar-refractivity contribution in [2.45, 2.75) is 45.4 Å². The molecule has 3 nitrogen and oxygen atoms in total. The first-order chi connectivity index (χ1) is 9.79. The summed E-state index contributed by atoms with van der Waals surface area (Å²) in [6, 6.07) is 7.42. The minimum atomic E-state index is -3.34. The number of rotatable bonds is 4. The smallest absolute Gasteiger partial charge is 0.207 e. The van der Waals surface area contributed by atoms with Gasteiger partial charge in [-0.05, 0) is 48.3 Å². The van der Waals surface area contributed by atoms with Gasteiger partial charge in [-0.15, -0.1) is 0 Å². The Morgan fingerprint density at radius 2 is 1.62 bits per heavy atom. The summed E-state index contributed by atoms with van der Waals surface area (Å²) in [6.07, 6.45) is 2.09. The molecule has 0 radical (unpaired) electrons. The van der Waals surface area contributed by atoms with Crippen LogP contribution in [0.25, 0.3) is 0 Å². The largest absolute Gasteiger partial charge is 0.243 e. The van der Waals surface area contributed by atoms with Gasteiger partial charge in [0.2, 0.25) is 10.0 Å². The molecule has 118 valence electrons. The molecule has 0 amide bonds. The second kappa shape index (κ2) is 6.49. The van der Waals surface area contributed by atoms with Gasteiger partial charge in [-0.3, -0.25) is 0 Å². The lowest BCUT2D eigenvalue weighted by atomic mass is 9.94. The molecule has 0 N–H and O–H groups in total. The summed E-state index contributed by atoms with van der Waals surface area (Å²) in [4.78, 5) is 0.427. The number of hydrogen-bond donors (Lipinski definition) is 0. The third kappa shape index (κ3) is 4.07. The minimum Gasteiger partial charge on any atom is -0.207 e. The average Bonchev–Trinajstić information content (AvgIpc) is 2.37. The molecule has 1 fully saturated rings. The van der Waals surface area contributed by atoms with Crippen LogP contribution in [0.5, 0.6) is 0 Å². The van der Waals surface area contributed by atoms with Crippen molar-refractivity contribution in [1.29, 1.82) is 0 Å². The molecule has 1 aliphatic rings. The molecule has 2 rings (SSSR count). The van der Waals surface area contributed by atoms with Crippen LogP contribution in [-0.4, -0.2) is 25.8 Å². The zero-order valence-electron chi connectivity index (χ0n) is 13.5. The van der Waals surface area contributed by atoms with Crippen molar-refractivity contribution < 1.29 is 8.42 Å². The highest BCUT2D eigenvalue weighted by Gasteiger charge is 2.31. The standard InChI is InChI=1S/C17H27NO2S/c1-13(2)9-16-5-7-17(8-6-16)21(19,20)18-11-14(3)10-15(4)12-18/h5-8,13-15H,9-12H2,1-4H3. The number of benzene rings is 1. The molecule has 0 spiro atoms. The van der Waals surface area contributed by atoms with Crippen LogP contribution in [0.1, 0.15) is 39.7 Å². The topological polar surface area (TPSA) is 37.4 Å². The van der Waals surface area contributed by atoms with E-state index in [-0.39, 0.29) is 0 Å². The van der Waals surface area contributed by atoms with Crippen LogP contribution in [0.2, 0.25) is 0 Å². The molecule has 0 saturated carbocycles. The summed E-state index contributed by atoms with van der Waals surface area (Å²) in [7, 11) is -3.34. The molecule has 0 aliphatic carbocycles. The van der Waals surface area contributed by atoms with Gasteiger partial charge >= 0.3 is 0 Å². The van der Waals surface area contributed by atoms with Gasteiger partial charge in [0.25, 0.3) is 0 Å². The highest BCUT2D eigenvalue weighted by molar-refractivity contribution is 7.89. The van der Waals surface area contributed by atoms with E-state index >= 15 is 0 Å². The van der Waals surface area contributed by atoms with Crippen LogP contribution in [0, 0.1) is 17.8 Å². The molecule has 0 aromatic heterocycles. The van der Waals surface area contributed by atoms with E-state index < -0.39 is 10.0 Å². The summed E-state index contributed by atoms with van der Waals surface area (Å²) >= 11 is 0. The fourth-order valence-corrected chi connectivity index (χ4v) is 4.90. The lowest BCUT2D eigenvalue weighted by Gasteiger charge is -2.34. The number of hydrogen-bond acceptors (Lipinski definition) is 2. The van der Waals surface area contributed by atoms with Gasteiger partial charge < -0.3 is 0 Å². The Hall–Kier alpha value is -0.870. The van der Waals surface area contributed by atoms with E-state index in [4.69, 9.17) is 0 Å². The Balaban J connectivity index is 2.19. The average molecular weight is 309 g/mol. The van der Waals surface area contributed by atoms with Crippen molar-refractivity contribution in [3.8, 4) is 0 Å². The lowest BCUT2D eigenvalue weighted by Crippen LogP contribution is -2.42. The molecular formula is C17H27NO2S. The van der Waals surface area contributed by atoms with Crippen molar-refractivity contribution in [2.24, 2.45) is 17.8 Å². The lowest BCUT2D eigenvalue weighted by molar-refractivity contribution is 0.222. The first kappa shape index (κ1) is 16.5. The molecule has 1 heterocycles. The van der Waals surface area contributed by atoms with Gasteiger partial charge in [0.15, 0.2) is 0 Å².